The first-order valence-corrected chi connectivity index (χ1v) is 3.79. The standard InChI is InChI=1S/C4H6BClO2S/c6-4(5(7)8)2-1-3-9-4/h1,3,7-8H,2H2. The molecule has 0 amide bonds. The van der Waals surface area contributed by atoms with Crippen LogP contribution < -0.4 is 0 Å². The van der Waals surface area contributed by atoms with Gasteiger partial charge in [0.05, 0.1) is 0 Å². The zero-order chi connectivity index (χ0) is 6.91. The summed E-state index contributed by atoms with van der Waals surface area (Å²) in [5, 5.41) is 19.1. The minimum atomic E-state index is -1.45. The summed E-state index contributed by atoms with van der Waals surface area (Å²) < 4.78 is -0.917. The highest BCUT2D eigenvalue weighted by Crippen LogP contribution is 2.40. The van der Waals surface area contributed by atoms with Crippen molar-refractivity contribution >= 4 is 30.5 Å². The van der Waals surface area contributed by atoms with Gasteiger partial charge < -0.3 is 10.0 Å². The second-order valence-electron chi connectivity index (χ2n) is 1.85. The van der Waals surface area contributed by atoms with Gasteiger partial charge in [-0.25, -0.2) is 0 Å². The molecule has 1 unspecified atom stereocenters. The molecule has 1 atom stereocenters. The van der Waals surface area contributed by atoms with Gasteiger partial charge in [0, 0.05) is 0 Å². The van der Waals surface area contributed by atoms with E-state index in [9.17, 15) is 0 Å². The van der Waals surface area contributed by atoms with Crippen LogP contribution in [0.15, 0.2) is 11.5 Å². The zero-order valence-corrected chi connectivity index (χ0v) is 6.19. The summed E-state index contributed by atoms with van der Waals surface area (Å²) in [5.74, 6) is 0. The van der Waals surface area contributed by atoms with E-state index >= 15 is 0 Å². The van der Waals surface area contributed by atoms with Crippen molar-refractivity contribution in [3.05, 3.63) is 11.5 Å². The van der Waals surface area contributed by atoms with Crippen LogP contribution in [0.2, 0.25) is 0 Å². The van der Waals surface area contributed by atoms with Crippen molar-refractivity contribution in [2.75, 3.05) is 0 Å². The molecule has 9 heavy (non-hydrogen) atoms. The average Bonchev–Trinajstić information content (AvgIpc) is 2.16. The predicted molar refractivity (Wildman–Crippen MR) is 40.1 cm³/mol. The van der Waals surface area contributed by atoms with Crippen LogP contribution in [0.1, 0.15) is 6.42 Å². The Balaban J connectivity index is 2.55. The van der Waals surface area contributed by atoms with Gasteiger partial charge in [0.1, 0.15) is 4.11 Å². The van der Waals surface area contributed by atoms with E-state index in [2.05, 4.69) is 0 Å². The first kappa shape index (κ1) is 7.47. The topological polar surface area (TPSA) is 40.5 Å². The van der Waals surface area contributed by atoms with E-state index in [1.165, 1.54) is 11.8 Å². The monoisotopic (exact) mass is 164 g/mol. The van der Waals surface area contributed by atoms with E-state index in [1.807, 2.05) is 6.08 Å². The minimum Gasteiger partial charge on any atom is -0.425 e. The van der Waals surface area contributed by atoms with Crippen molar-refractivity contribution in [3.63, 3.8) is 0 Å². The molecule has 1 heterocycles. The summed E-state index contributed by atoms with van der Waals surface area (Å²) in [6.07, 6.45) is 2.33. The normalized spacial score (nSPS) is 33.2. The molecule has 0 aromatic heterocycles. The van der Waals surface area contributed by atoms with E-state index in [1.54, 1.807) is 5.41 Å². The lowest BCUT2D eigenvalue weighted by atomic mass is 9.83. The number of rotatable bonds is 1. The molecule has 50 valence electrons. The number of hydrogen-bond acceptors (Lipinski definition) is 3. The fraction of sp³-hybridized carbons (Fsp3) is 0.500. The Morgan fingerprint density at radius 1 is 1.67 bits per heavy atom. The molecule has 0 spiro atoms. The molecule has 0 saturated heterocycles. The van der Waals surface area contributed by atoms with Gasteiger partial charge in [-0.1, -0.05) is 6.08 Å². The van der Waals surface area contributed by atoms with E-state index in [0.717, 1.165) is 0 Å². The second kappa shape index (κ2) is 2.54. The van der Waals surface area contributed by atoms with Crippen molar-refractivity contribution in [1.82, 2.24) is 0 Å². The largest absolute Gasteiger partial charge is 0.485 e. The fourth-order valence-corrected chi connectivity index (χ4v) is 1.56. The third-order valence-electron chi connectivity index (χ3n) is 1.14. The van der Waals surface area contributed by atoms with Crippen LogP contribution in [-0.2, 0) is 0 Å². The van der Waals surface area contributed by atoms with Crippen LogP contribution in [0.4, 0.5) is 0 Å². The molecule has 0 aliphatic carbocycles. The summed E-state index contributed by atoms with van der Waals surface area (Å²) in [7, 11) is -1.45. The average molecular weight is 164 g/mol. The van der Waals surface area contributed by atoms with Crippen LogP contribution >= 0.6 is 23.4 Å². The lowest BCUT2D eigenvalue weighted by molar-refractivity contribution is 0.397. The number of thioether (sulfide) groups is 1. The number of hydrogen-bond donors (Lipinski definition) is 2. The van der Waals surface area contributed by atoms with Crippen molar-refractivity contribution in [1.29, 1.82) is 0 Å². The van der Waals surface area contributed by atoms with E-state index < -0.39 is 11.2 Å². The quantitative estimate of drug-likeness (QED) is 0.440. The van der Waals surface area contributed by atoms with Gasteiger partial charge in [0.15, 0.2) is 0 Å². The van der Waals surface area contributed by atoms with Gasteiger partial charge in [-0.2, -0.15) is 0 Å². The summed E-state index contributed by atoms with van der Waals surface area (Å²) in [4.78, 5) is 0. The van der Waals surface area contributed by atoms with Crippen LogP contribution in [0.5, 0.6) is 0 Å². The lowest BCUT2D eigenvalue weighted by Gasteiger charge is -2.16. The number of alkyl halides is 1. The van der Waals surface area contributed by atoms with E-state index in [-0.39, 0.29) is 0 Å². The maximum Gasteiger partial charge on any atom is 0.485 e. The fourth-order valence-electron chi connectivity index (χ4n) is 0.584. The number of allylic oxidation sites excluding steroid dienone is 1. The summed E-state index contributed by atoms with van der Waals surface area (Å²) >= 11 is 6.94. The molecular formula is C4H6BClO2S. The number of halogens is 1. The first-order chi connectivity index (χ1) is 4.15. The molecule has 0 radical (unpaired) electrons. The third-order valence-corrected chi connectivity index (χ3v) is 2.86. The van der Waals surface area contributed by atoms with Crippen LogP contribution in [0, 0.1) is 0 Å². The van der Waals surface area contributed by atoms with Gasteiger partial charge in [0.25, 0.3) is 0 Å². The predicted octanol–water partition coefficient (Wildman–Crippen LogP) is 0.584. The highest BCUT2D eigenvalue weighted by Gasteiger charge is 2.41. The minimum absolute atomic E-state index is 0.511. The van der Waals surface area contributed by atoms with Crippen molar-refractivity contribution < 1.29 is 10.0 Å². The van der Waals surface area contributed by atoms with Crippen molar-refractivity contribution in [2.24, 2.45) is 0 Å². The van der Waals surface area contributed by atoms with E-state index in [4.69, 9.17) is 21.6 Å². The lowest BCUT2D eigenvalue weighted by Crippen LogP contribution is -2.35. The molecule has 2 N–H and O–H groups in total. The highest BCUT2D eigenvalue weighted by molar-refractivity contribution is 8.06. The molecule has 0 fully saturated rings. The summed E-state index contributed by atoms with van der Waals surface area (Å²) in [5.41, 5.74) is 0. The Labute approximate surface area is 63.0 Å². The van der Waals surface area contributed by atoms with Gasteiger partial charge in [0.2, 0.25) is 0 Å². The maximum absolute atomic E-state index is 8.67. The highest BCUT2D eigenvalue weighted by atomic mass is 35.5. The Bertz CT molecular complexity index is 131. The summed E-state index contributed by atoms with van der Waals surface area (Å²) in [6, 6.07) is 0. The van der Waals surface area contributed by atoms with Gasteiger partial charge >= 0.3 is 7.12 Å². The summed E-state index contributed by atoms with van der Waals surface area (Å²) in [6.45, 7) is 0. The smallest absolute Gasteiger partial charge is 0.425 e. The van der Waals surface area contributed by atoms with Crippen LogP contribution in [0.25, 0.3) is 0 Å². The third kappa shape index (κ3) is 1.44. The Hall–Kier alpha value is 0.365. The molecule has 1 rings (SSSR count). The van der Waals surface area contributed by atoms with Crippen LogP contribution in [0.3, 0.4) is 0 Å². The van der Waals surface area contributed by atoms with Crippen molar-refractivity contribution in [3.8, 4) is 0 Å². The van der Waals surface area contributed by atoms with E-state index in [0.29, 0.717) is 6.42 Å². The molecule has 0 aromatic rings. The van der Waals surface area contributed by atoms with Crippen LogP contribution in [-0.4, -0.2) is 21.3 Å². The van der Waals surface area contributed by atoms with Gasteiger partial charge in [-0.05, 0) is 11.8 Å². The Morgan fingerprint density at radius 3 is 2.56 bits per heavy atom. The van der Waals surface area contributed by atoms with Crippen molar-refractivity contribution in [2.45, 2.75) is 10.5 Å². The molecule has 0 saturated carbocycles. The Morgan fingerprint density at radius 2 is 2.33 bits per heavy atom. The molecule has 2 nitrogen and oxygen atoms in total. The zero-order valence-electron chi connectivity index (χ0n) is 4.62. The molecule has 1 aliphatic heterocycles. The molecular weight excluding hydrogens is 158 g/mol. The second-order valence-corrected chi connectivity index (χ2v) is 3.99. The molecule has 0 aromatic carbocycles. The Kier molecular flexibility index (Phi) is 2.11. The maximum atomic E-state index is 8.67. The first-order valence-electron chi connectivity index (χ1n) is 2.53. The molecule has 0 bridgehead atoms. The SMILES string of the molecule is OB(O)C1(Cl)CC=CS1. The van der Waals surface area contributed by atoms with Gasteiger partial charge in [-0.15, -0.1) is 23.4 Å². The van der Waals surface area contributed by atoms with Gasteiger partial charge in [-0.3, -0.25) is 0 Å². The molecule has 5 heteroatoms. The molecule has 1 aliphatic rings.